The van der Waals surface area contributed by atoms with Gasteiger partial charge in [-0.1, -0.05) is 121 Å². The molecule has 0 amide bonds. The molecule has 0 aliphatic carbocycles. The number of aromatic nitrogens is 4. The molecule has 2 N–H and O–H groups in total. The van der Waals surface area contributed by atoms with Gasteiger partial charge in [0, 0.05) is 87.4 Å². The van der Waals surface area contributed by atoms with Crippen molar-refractivity contribution in [3.05, 3.63) is 236 Å². The highest BCUT2D eigenvalue weighted by molar-refractivity contribution is 6.02. The minimum Gasteiger partial charge on any atom is -0.436 e. The summed E-state index contributed by atoms with van der Waals surface area (Å²) in [6.07, 6.45) is 13.4. The molecule has 0 fully saturated rings. The van der Waals surface area contributed by atoms with Gasteiger partial charge in [0.1, 0.15) is 5.52 Å². The molecule has 67 heavy (non-hydrogen) atoms. The van der Waals surface area contributed by atoms with Crippen LogP contribution >= 0.6 is 0 Å². The lowest BCUT2D eigenvalue weighted by Gasteiger charge is -2.18. The third-order valence-electron chi connectivity index (χ3n) is 12.9. The van der Waals surface area contributed by atoms with E-state index >= 15 is 0 Å². The third kappa shape index (κ3) is 7.18. The van der Waals surface area contributed by atoms with Gasteiger partial charge in [0.25, 0.3) is 0 Å². The second kappa shape index (κ2) is 16.5. The van der Waals surface area contributed by atoms with Gasteiger partial charge in [0.05, 0.1) is 0 Å². The quantitative estimate of drug-likeness (QED) is 0.164. The van der Waals surface area contributed by atoms with E-state index in [0.717, 1.165) is 121 Å². The number of oxazole rings is 1. The molecule has 6 nitrogen and oxygen atoms in total. The number of para-hydroxylation sites is 2. The van der Waals surface area contributed by atoms with Crippen molar-refractivity contribution in [1.82, 2.24) is 19.9 Å². The fourth-order valence-electron chi connectivity index (χ4n) is 9.60. The first-order chi connectivity index (χ1) is 33.1. The maximum atomic E-state index is 6.68. The van der Waals surface area contributed by atoms with Gasteiger partial charge < -0.3 is 10.2 Å². The van der Waals surface area contributed by atoms with Crippen LogP contribution in [0, 0.1) is 6.92 Å². The van der Waals surface area contributed by atoms with Gasteiger partial charge >= 0.3 is 0 Å². The Labute approximate surface area is 387 Å². The molecule has 0 radical (unpaired) electrons. The number of nitrogens with two attached hydrogens (primary N) is 1. The Kier molecular flexibility index (Phi) is 9.76. The number of hydrogen-bond donors (Lipinski definition) is 1. The summed E-state index contributed by atoms with van der Waals surface area (Å²) >= 11 is 0. The van der Waals surface area contributed by atoms with Crippen LogP contribution in [0.1, 0.15) is 16.7 Å². The van der Waals surface area contributed by atoms with Crippen molar-refractivity contribution in [2.75, 3.05) is 0 Å². The topological polar surface area (TPSA) is 90.7 Å². The summed E-state index contributed by atoms with van der Waals surface area (Å²) in [5.74, 6) is 0.526. The van der Waals surface area contributed by atoms with Crippen molar-refractivity contribution in [3.8, 4) is 67.1 Å². The Morgan fingerprint density at radius 3 is 1.49 bits per heavy atom. The fraction of sp³-hybridized carbons (Fsp3) is 0.0164. The van der Waals surface area contributed by atoms with Crippen LogP contribution in [0.2, 0.25) is 0 Å². The first-order valence-electron chi connectivity index (χ1n) is 22.3. The van der Waals surface area contributed by atoms with Crippen LogP contribution in [0.25, 0.3) is 116 Å². The van der Waals surface area contributed by atoms with Gasteiger partial charge in [-0.15, -0.1) is 0 Å². The largest absolute Gasteiger partial charge is 0.436 e. The standard InChI is InChI=1S/C61H41N5O/c1-38-12-2-6-16-49(38)55(31-62)45-26-44(27-48(28-45)58-37-65-34-42-15-5-9-19-52(42)58)53-23-22-39(30-54(53)61-66-59-20-10-11-21-60(59)67-61)43-24-46(56-35-63-32-40-13-3-7-17-50(40)56)29-47(25-43)57-36-64-33-41-14-4-8-18-51(41)57/h2-37H,62H2,1H3/b55-31-. The zero-order valence-electron chi connectivity index (χ0n) is 36.6. The molecule has 316 valence electrons. The number of aryl methyl sites for hydroxylation is 1. The molecule has 4 heterocycles. The number of nitrogens with zero attached hydrogens (tertiary/aromatic N) is 4. The molecule has 0 spiro atoms. The molecule has 0 aliphatic rings. The highest BCUT2D eigenvalue weighted by atomic mass is 16.3. The minimum atomic E-state index is 0.526. The Balaban J connectivity index is 1.11. The maximum absolute atomic E-state index is 6.68. The van der Waals surface area contributed by atoms with Gasteiger partial charge in [-0.05, 0) is 133 Å². The SMILES string of the molecule is Cc1ccccc1/C(=C\N)c1cc(-c2ccc(-c3cc(-c4cncc5ccccc45)cc(-c4cncc5ccccc45)c3)cc2-c2nc3ccccc3o2)cc(-c2cncc3ccccc23)c1. The van der Waals surface area contributed by atoms with Crippen LogP contribution in [0.15, 0.2) is 224 Å². The summed E-state index contributed by atoms with van der Waals surface area (Å²) in [5, 5.41) is 6.61. The molecule has 0 aliphatic heterocycles. The molecular formula is C61H41N5O. The number of hydrogen-bond acceptors (Lipinski definition) is 6. The van der Waals surface area contributed by atoms with Crippen LogP contribution in [0.4, 0.5) is 0 Å². The molecule has 0 bridgehead atoms. The van der Waals surface area contributed by atoms with E-state index in [1.54, 1.807) is 6.20 Å². The zero-order chi connectivity index (χ0) is 44.8. The van der Waals surface area contributed by atoms with Crippen LogP contribution in [0.3, 0.4) is 0 Å². The average molecular weight is 860 g/mol. The van der Waals surface area contributed by atoms with E-state index in [1.807, 2.05) is 67.5 Å². The van der Waals surface area contributed by atoms with Gasteiger partial charge in [-0.25, -0.2) is 4.98 Å². The van der Waals surface area contributed by atoms with E-state index in [0.29, 0.717) is 11.5 Å². The van der Waals surface area contributed by atoms with Crippen molar-refractivity contribution in [1.29, 1.82) is 0 Å². The highest BCUT2D eigenvalue weighted by Gasteiger charge is 2.21. The van der Waals surface area contributed by atoms with E-state index < -0.39 is 0 Å². The lowest BCUT2D eigenvalue weighted by molar-refractivity contribution is 0.620. The third-order valence-corrected chi connectivity index (χ3v) is 12.9. The van der Waals surface area contributed by atoms with Crippen molar-refractivity contribution in [2.45, 2.75) is 6.92 Å². The summed E-state index contributed by atoms with van der Waals surface area (Å²) in [6, 6.07) is 61.6. The van der Waals surface area contributed by atoms with Gasteiger partial charge in [-0.3, -0.25) is 15.0 Å². The number of rotatable bonds is 8. The minimum absolute atomic E-state index is 0.526. The molecule has 0 atom stereocenters. The summed E-state index contributed by atoms with van der Waals surface area (Å²) in [7, 11) is 0. The Hall–Kier alpha value is -9.00. The van der Waals surface area contributed by atoms with E-state index in [1.165, 1.54) is 0 Å². The molecular weight excluding hydrogens is 819 g/mol. The van der Waals surface area contributed by atoms with Gasteiger partial charge in [-0.2, -0.15) is 0 Å². The molecule has 0 saturated carbocycles. The highest BCUT2D eigenvalue weighted by Crippen LogP contribution is 2.43. The first-order valence-corrected chi connectivity index (χ1v) is 22.3. The van der Waals surface area contributed by atoms with Crippen molar-refractivity contribution < 1.29 is 4.42 Å². The summed E-state index contributed by atoms with van der Waals surface area (Å²) < 4.78 is 6.68. The predicted molar refractivity (Wildman–Crippen MR) is 275 cm³/mol. The summed E-state index contributed by atoms with van der Waals surface area (Å²) in [5.41, 5.74) is 23.3. The molecule has 0 unspecified atom stereocenters. The van der Waals surface area contributed by atoms with Crippen LogP contribution in [-0.2, 0) is 0 Å². The lowest BCUT2D eigenvalue weighted by atomic mass is 9.87. The van der Waals surface area contributed by atoms with Gasteiger partial charge in [0.15, 0.2) is 5.58 Å². The first kappa shape index (κ1) is 39.6. The average Bonchev–Trinajstić information content (AvgIpc) is 3.83. The Bertz CT molecular complexity index is 3780. The normalized spacial score (nSPS) is 11.8. The van der Waals surface area contributed by atoms with Crippen LogP contribution in [0.5, 0.6) is 0 Å². The van der Waals surface area contributed by atoms with Crippen molar-refractivity contribution >= 4 is 49.0 Å². The van der Waals surface area contributed by atoms with E-state index in [-0.39, 0.29) is 0 Å². The monoisotopic (exact) mass is 859 g/mol. The van der Waals surface area contributed by atoms with Crippen LogP contribution in [-0.4, -0.2) is 19.9 Å². The molecule has 0 saturated heterocycles. The lowest BCUT2D eigenvalue weighted by Crippen LogP contribution is -1.97. The zero-order valence-corrected chi connectivity index (χ0v) is 36.6. The second-order valence-electron chi connectivity index (χ2n) is 17.0. The number of pyridine rings is 3. The molecule has 12 rings (SSSR count). The smallest absolute Gasteiger partial charge is 0.227 e. The van der Waals surface area contributed by atoms with E-state index in [2.05, 4.69) is 153 Å². The van der Waals surface area contributed by atoms with Gasteiger partial charge in [0.2, 0.25) is 5.89 Å². The Morgan fingerprint density at radius 1 is 0.433 bits per heavy atom. The fourth-order valence-corrected chi connectivity index (χ4v) is 9.60. The predicted octanol–water partition coefficient (Wildman–Crippen LogP) is 15.1. The van der Waals surface area contributed by atoms with E-state index in [4.69, 9.17) is 30.1 Å². The van der Waals surface area contributed by atoms with Crippen molar-refractivity contribution in [2.24, 2.45) is 5.73 Å². The van der Waals surface area contributed by atoms with Crippen LogP contribution < -0.4 is 5.73 Å². The maximum Gasteiger partial charge on any atom is 0.227 e. The summed E-state index contributed by atoms with van der Waals surface area (Å²) in [6.45, 7) is 2.12. The molecule has 12 aromatic rings. The molecule has 6 heteroatoms. The van der Waals surface area contributed by atoms with Crippen molar-refractivity contribution in [3.63, 3.8) is 0 Å². The summed E-state index contributed by atoms with van der Waals surface area (Å²) in [4.78, 5) is 19.3. The second-order valence-corrected chi connectivity index (χ2v) is 17.0. The Morgan fingerprint density at radius 2 is 0.925 bits per heavy atom. The molecule has 4 aromatic heterocycles. The molecule has 8 aromatic carbocycles. The van der Waals surface area contributed by atoms with E-state index in [9.17, 15) is 0 Å². The number of fused-ring (bicyclic) bond motifs is 4. The number of benzene rings is 8.